The molecule has 1 aromatic rings. The molecule has 1 aromatic carbocycles. The number of unbranched alkanes of at least 4 members (excludes halogenated alkanes) is 1. The third-order valence-corrected chi connectivity index (χ3v) is 6.35. The van der Waals surface area contributed by atoms with Gasteiger partial charge in [0.25, 0.3) is 5.91 Å². The molecule has 33 heavy (non-hydrogen) atoms. The summed E-state index contributed by atoms with van der Waals surface area (Å²) in [6.07, 6.45) is 5.37. The lowest BCUT2D eigenvalue weighted by molar-refractivity contribution is 0.00498. The summed E-state index contributed by atoms with van der Waals surface area (Å²) in [6, 6.07) is 5.22. The van der Waals surface area contributed by atoms with Crippen molar-refractivity contribution < 1.29 is 23.9 Å². The van der Waals surface area contributed by atoms with Crippen LogP contribution in [0.1, 0.15) is 85.6 Å². The van der Waals surface area contributed by atoms with Gasteiger partial charge in [0.05, 0.1) is 0 Å². The Bertz CT molecular complexity index is 865. The molecule has 2 bridgehead atoms. The molecule has 8 heteroatoms. The van der Waals surface area contributed by atoms with E-state index in [2.05, 4.69) is 5.32 Å². The molecule has 2 atom stereocenters. The molecule has 8 nitrogen and oxygen atoms in total. The van der Waals surface area contributed by atoms with Gasteiger partial charge >= 0.3 is 6.09 Å². The second-order valence-electron chi connectivity index (χ2n) is 10.1. The highest BCUT2D eigenvalue weighted by Crippen LogP contribution is 2.37. The minimum atomic E-state index is -0.528. The normalized spacial score (nSPS) is 22.2. The van der Waals surface area contributed by atoms with Crippen molar-refractivity contribution in [1.82, 2.24) is 10.2 Å². The molecular weight excluding hydrogens is 422 g/mol. The van der Waals surface area contributed by atoms with Gasteiger partial charge in [-0.15, -0.1) is 0 Å². The van der Waals surface area contributed by atoms with E-state index in [4.69, 9.17) is 15.2 Å². The predicted octanol–water partition coefficient (Wildman–Crippen LogP) is 3.41. The molecule has 2 aliphatic rings. The van der Waals surface area contributed by atoms with Crippen LogP contribution >= 0.6 is 0 Å². The molecular formula is C25H37N3O5. The summed E-state index contributed by atoms with van der Waals surface area (Å²) in [5, 5.41) is 3.14. The van der Waals surface area contributed by atoms with Crippen molar-refractivity contribution in [2.45, 2.75) is 89.4 Å². The fraction of sp³-hybridized carbons (Fsp3) is 0.640. The number of rotatable bonds is 8. The largest absolute Gasteiger partial charge is 0.444 e. The second kappa shape index (κ2) is 10.5. The van der Waals surface area contributed by atoms with E-state index in [0.29, 0.717) is 37.0 Å². The fourth-order valence-corrected chi connectivity index (χ4v) is 4.92. The number of primary amides is 1. The van der Waals surface area contributed by atoms with Crippen LogP contribution in [0.25, 0.3) is 0 Å². The van der Waals surface area contributed by atoms with Gasteiger partial charge in [-0.1, -0.05) is 0 Å². The molecule has 2 heterocycles. The van der Waals surface area contributed by atoms with Crippen molar-refractivity contribution in [3.8, 4) is 0 Å². The predicted molar refractivity (Wildman–Crippen MR) is 125 cm³/mol. The molecule has 2 aliphatic heterocycles. The van der Waals surface area contributed by atoms with Gasteiger partial charge in [-0.3, -0.25) is 9.59 Å². The number of piperidine rings is 1. The lowest BCUT2D eigenvalue weighted by Crippen LogP contribution is -2.53. The number of carbonyl (C=O) groups excluding carboxylic acids is 3. The molecule has 0 radical (unpaired) electrons. The van der Waals surface area contributed by atoms with Crippen LogP contribution in [0, 0.1) is 0 Å². The third-order valence-electron chi connectivity index (χ3n) is 6.35. The highest BCUT2D eigenvalue weighted by Gasteiger charge is 2.45. The van der Waals surface area contributed by atoms with Crippen molar-refractivity contribution in [2.75, 3.05) is 13.7 Å². The number of benzene rings is 1. The van der Waals surface area contributed by atoms with Crippen molar-refractivity contribution in [3.05, 3.63) is 34.9 Å². The van der Waals surface area contributed by atoms with Crippen LogP contribution < -0.4 is 11.1 Å². The topological polar surface area (TPSA) is 111 Å². The van der Waals surface area contributed by atoms with Crippen molar-refractivity contribution in [3.63, 3.8) is 0 Å². The number of carbonyl (C=O) groups is 3. The lowest BCUT2D eigenvalue weighted by atomic mass is 9.96. The van der Waals surface area contributed by atoms with E-state index in [0.717, 1.165) is 31.2 Å². The van der Waals surface area contributed by atoms with Gasteiger partial charge in [-0.25, -0.2) is 4.79 Å². The standard InChI is InChI=1S/C25H37N3O5/c1-25(2,3)33-24(31)28-19-9-10-20(28)15-18(14-19)27-23(30)17-8-11-21(22(26)29)16(13-17)7-5-6-12-32-4/h8,11,13,18-20H,5-7,9-10,12,14-15H2,1-4H3,(H2,26,29)(H,27,30). The van der Waals surface area contributed by atoms with E-state index in [1.165, 1.54) is 0 Å². The number of nitrogens with two attached hydrogens (primary N) is 1. The summed E-state index contributed by atoms with van der Waals surface area (Å²) in [7, 11) is 1.66. The Morgan fingerprint density at radius 3 is 2.36 bits per heavy atom. The number of aryl methyl sites for hydroxylation is 1. The highest BCUT2D eigenvalue weighted by molar-refractivity contribution is 5.98. The van der Waals surface area contributed by atoms with Gasteiger partial charge in [-0.2, -0.15) is 0 Å². The summed E-state index contributed by atoms with van der Waals surface area (Å²) in [6.45, 7) is 6.26. The fourth-order valence-electron chi connectivity index (χ4n) is 4.92. The molecule has 2 fully saturated rings. The van der Waals surface area contributed by atoms with Crippen molar-refractivity contribution in [2.24, 2.45) is 5.73 Å². The zero-order valence-corrected chi connectivity index (χ0v) is 20.2. The SMILES string of the molecule is COCCCCc1cc(C(=O)NC2CC3CCC(C2)N3C(=O)OC(C)(C)C)ccc1C(N)=O. The summed E-state index contributed by atoms with van der Waals surface area (Å²) in [4.78, 5) is 39.3. The first-order valence-corrected chi connectivity index (χ1v) is 11.8. The molecule has 3 amide bonds. The summed E-state index contributed by atoms with van der Waals surface area (Å²) in [5.74, 6) is -0.658. The van der Waals surface area contributed by atoms with Crippen LogP contribution in [0.5, 0.6) is 0 Å². The minimum Gasteiger partial charge on any atom is -0.444 e. The Labute approximate surface area is 196 Å². The number of nitrogens with zero attached hydrogens (tertiary/aromatic N) is 1. The van der Waals surface area contributed by atoms with Crippen LogP contribution in [0.3, 0.4) is 0 Å². The quantitative estimate of drug-likeness (QED) is 0.579. The maximum atomic E-state index is 13.0. The Morgan fingerprint density at radius 1 is 1.12 bits per heavy atom. The number of hydrogen-bond acceptors (Lipinski definition) is 5. The van der Waals surface area contributed by atoms with E-state index in [-0.39, 0.29) is 30.1 Å². The maximum absolute atomic E-state index is 13.0. The van der Waals surface area contributed by atoms with E-state index >= 15 is 0 Å². The second-order valence-corrected chi connectivity index (χ2v) is 10.1. The third kappa shape index (κ3) is 6.47. The molecule has 0 spiro atoms. The maximum Gasteiger partial charge on any atom is 0.410 e. The van der Waals surface area contributed by atoms with Gasteiger partial charge in [0.1, 0.15) is 5.60 Å². The zero-order chi connectivity index (χ0) is 24.2. The number of hydrogen-bond donors (Lipinski definition) is 2. The Hall–Kier alpha value is -2.61. The van der Waals surface area contributed by atoms with Gasteiger partial charge in [0.2, 0.25) is 5.91 Å². The molecule has 0 saturated carbocycles. The lowest BCUT2D eigenvalue weighted by Gasteiger charge is -2.39. The molecule has 182 valence electrons. The summed E-state index contributed by atoms with van der Waals surface area (Å²) < 4.78 is 10.7. The van der Waals surface area contributed by atoms with Crippen molar-refractivity contribution in [1.29, 1.82) is 0 Å². The van der Waals surface area contributed by atoms with Gasteiger partial charge in [-0.05, 0) is 89.5 Å². The molecule has 3 N–H and O–H groups in total. The van der Waals surface area contributed by atoms with E-state index < -0.39 is 11.5 Å². The van der Waals surface area contributed by atoms with E-state index in [1.807, 2.05) is 25.7 Å². The van der Waals surface area contributed by atoms with Crippen molar-refractivity contribution >= 4 is 17.9 Å². The highest BCUT2D eigenvalue weighted by atomic mass is 16.6. The van der Waals surface area contributed by atoms with E-state index in [1.54, 1.807) is 25.3 Å². The Balaban J connectivity index is 1.64. The van der Waals surface area contributed by atoms with Crippen LogP contribution in [0.15, 0.2) is 18.2 Å². The van der Waals surface area contributed by atoms with Crippen LogP contribution in [-0.2, 0) is 15.9 Å². The smallest absolute Gasteiger partial charge is 0.410 e. The number of fused-ring (bicyclic) bond motifs is 2. The Kier molecular flexibility index (Phi) is 8.00. The molecule has 2 unspecified atom stereocenters. The molecule has 0 aromatic heterocycles. The average molecular weight is 460 g/mol. The number of ether oxygens (including phenoxy) is 2. The first-order chi connectivity index (χ1) is 15.6. The molecule has 3 rings (SSSR count). The minimum absolute atomic E-state index is 0.00495. The van der Waals surface area contributed by atoms with Gasteiger partial charge in [0.15, 0.2) is 0 Å². The Morgan fingerprint density at radius 2 is 1.79 bits per heavy atom. The number of methoxy groups -OCH3 is 1. The zero-order valence-electron chi connectivity index (χ0n) is 20.2. The average Bonchev–Trinajstić information content (AvgIpc) is 3.00. The molecule has 0 aliphatic carbocycles. The van der Waals surface area contributed by atoms with Gasteiger partial charge in [0, 0.05) is 43.0 Å². The first-order valence-electron chi connectivity index (χ1n) is 11.8. The number of nitrogens with one attached hydrogen (secondary N) is 1. The van der Waals surface area contributed by atoms with Gasteiger partial charge < -0.3 is 25.4 Å². The monoisotopic (exact) mass is 459 g/mol. The van der Waals surface area contributed by atoms with Crippen LogP contribution in [-0.4, -0.2) is 60.3 Å². The van der Waals surface area contributed by atoms with E-state index in [9.17, 15) is 14.4 Å². The summed E-state index contributed by atoms with van der Waals surface area (Å²) >= 11 is 0. The van der Waals surface area contributed by atoms with Crippen LogP contribution in [0.4, 0.5) is 4.79 Å². The molecule has 2 saturated heterocycles. The summed E-state index contributed by atoms with van der Waals surface area (Å²) in [5.41, 5.74) is 6.75. The van der Waals surface area contributed by atoms with Crippen LogP contribution in [0.2, 0.25) is 0 Å². The number of amides is 3. The first kappa shape index (κ1) is 25.0.